The fourth-order valence-electron chi connectivity index (χ4n) is 5.63. The number of sulfone groups is 1. The van der Waals surface area contributed by atoms with E-state index in [2.05, 4.69) is 57.2 Å². The van der Waals surface area contributed by atoms with Crippen LogP contribution in [-0.4, -0.2) is 8.42 Å². The molecule has 6 aromatic rings. The van der Waals surface area contributed by atoms with Crippen LogP contribution in [-0.2, 0) is 28.1 Å². The number of benzene rings is 6. The molecule has 0 fully saturated rings. The van der Waals surface area contributed by atoms with Crippen LogP contribution in [0.2, 0.25) is 0 Å². The van der Waals surface area contributed by atoms with Crippen LogP contribution in [0.3, 0.4) is 0 Å². The van der Waals surface area contributed by atoms with Gasteiger partial charge < -0.3 is 9.47 Å². The first-order chi connectivity index (χ1) is 23.1. The second-order valence-electron chi connectivity index (χ2n) is 12.8. The lowest BCUT2D eigenvalue weighted by atomic mass is 9.78. The fourth-order valence-corrected chi connectivity index (χ4v) is 6.89. The monoisotopic (exact) mass is 652 g/mol. The number of hydrogen-bond acceptors (Lipinski definition) is 4. The third-order valence-corrected chi connectivity index (χ3v) is 10.6. The Balaban J connectivity index is 1.02. The van der Waals surface area contributed by atoms with Crippen LogP contribution in [0.15, 0.2) is 155 Å². The Kier molecular flexibility index (Phi) is 9.51. The quantitative estimate of drug-likeness (QED) is 0.140. The van der Waals surface area contributed by atoms with E-state index >= 15 is 0 Å². The lowest BCUT2D eigenvalue weighted by molar-refractivity contribution is 0.481. The first kappa shape index (κ1) is 32.8. The summed E-state index contributed by atoms with van der Waals surface area (Å²) in [5.74, 6) is 3.20. The zero-order valence-electron chi connectivity index (χ0n) is 27.8. The normalized spacial score (nSPS) is 11.7. The minimum atomic E-state index is -3.52. The SMILES string of the molecule is Cc1ccc(Oc2ccc(C(C)(C)c3ccc(Oc4ccc(CCc5ccc(S(=O)(=O)c6ccc(C)cc6)cc5)cc4)cc3)cc2)cc1. The van der Waals surface area contributed by atoms with Crippen LogP contribution in [0.1, 0.15) is 47.2 Å². The van der Waals surface area contributed by atoms with Crippen LogP contribution in [0.5, 0.6) is 23.0 Å². The van der Waals surface area contributed by atoms with Crippen molar-refractivity contribution in [3.05, 3.63) is 179 Å². The molecule has 0 amide bonds. The molecule has 0 spiro atoms. The molecule has 0 heterocycles. The molecule has 242 valence electrons. The van der Waals surface area contributed by atoms with E-state index < -0.39 is 9.84 Å². The van der Waals surface area contributed by atoms with Gasteiger partial charge in [0.15, 0.2) is 0 Å². The summed E-state index contributed by atoms with van der Waals surface area (Å²) in [6.45, 7) is 8.45. The van der Waals surface area contributed by atoms with Gasteiger partial charge in [-0.05, 0) is 122 Å². The van der Waals surface area contributed by atoms with E-state index in [0.29, 0.717) is 9.79 Å². The van der Waals surface area contributed by atoms with Gasteiger partial charge in [-0.1, -0.05) is 97.8 Å². The first-order valence-corrected chi connectivity index (χ1v) is 17.7. The predicted molar refractivity (Wildman–Crippen MR) is 193 cm³/mol. The van der Waals surface area contributed by atoms with Gasteiger partial charge in [-0.25, -0.2) is 8.42 Å². The van der Waals surface area contributed by atoms with Crippen molar-refractivity contribution < 1.29 is 17.9 Å². The molecule has 6 rings (SSSR count). The highest BCUT2D eigenvalue weighted by molar-refractivity contribution is 7.91. The number of rotatable bonds is 11. The summed E-state index contributed by atoms with van der Waals surface area (Å²) in [4.78, 5) is 0.626. The average molecular weight is 653 g/mol. The second kappa shape index (κ2) is 13.9. The molecular weight excluding hydrogens is 613 g/mol. The average Bonchev–Trinajstić information content (AvgIpc) is 3.10. The number of aryl methyl sites for hydroxylation is 4. The molecule has 6 aromatic carbocycles. The Morgan fingerprint density at radius 3 is 1.12 bits per heavy atom. The maximum atomic E-state index is 13.0. The molecule has 0 N–H and O–H groups in total. The summed E-state index contributed by atoms with van der Waals surface area (Å²) < 4.78 is 38.1. The Morgan fingerprint density at radius 2 is 0.729 bits per heavy atom. The van der Waals surface area contributed by atoms with Gasteiger partial charge in [0.05, 0.1) is 9.79 Å². The smallest absolute Gasteiger partial charge is 0.206 e. The zero-order chi connectivity index (χ0) is 33.7. The molecule has 0 saturated carbocycles. The van der Waals surface area contributed by atoms with Crippen molar-refractivity contribution in [1.82, 2.24) is 0 Å². The molecule has 48 heavy (non-hydrogen) atoms. The van der Waals surface area contributed by atoms with Crippen LogP contribution in [0.25, 0.3) is 0 Å². The Morgan fingerprint density at radius 1 is 0.438 bits per heavy atom. The molecule has 0 atom stereocenters. The van der Waals surface area contributed by atoms with Crippen molar-refractivity contribution in [2.45, 2.75) is 55.7 Å². The van der Waals surface area contributed by atoms with Gasteiger partial charge in [0, 0.05) is 5.41 Å². The maximum Gasteiger partial charge on any atom is 0.206 e. The van der Waals surface area contributed by atoms with E-state index in [9.17, 15) is 8.42 Å². The van der Waals surface area contributed by atoms with E-state index in [1.807, 2.05) is 91.9 Å². The highest BCUT2D eigenvalue weighted by Crippen LogP contribution is 2.35. The van der Waals surface area contributed by atoms with Crippen molar-refractivity contribution in [2.24, 2.45) is 0 Å². The van der Waals surface area contributed by atoms with Gasteiger partial charge in [0.25, 0.3) is 0 Å². The lowest BCUT2D eigenvalue weighted by Crippen LogP contribution is -2.18. The Labute approximate surface area is 284 Å². The van der Waals surface area contributed by atoms with Gasteiger partial charge in [-0.3, -0.25) is 0 Å². The van der Waals surface area contributed by atoms with Gasteiger partial charge in [-0.15, -0.1) is 0 Å². The van der Waals surface area contributed by atoms with E-state index in [-0.39, 0.29) is 5.41 Å². The van der Waals surface area contributed by atoms with Gasteiger partial charge in [-0.2, -0.15) is 0 Å². The van der Waals surface area contributed by atoms with Crippen molar-refractivity contribution in [2.75, 3.05) is 0 Å². The molecule has 0 saturated heterocycles. The van der Waals surface area contributed by atoms with E-state index in [1.165, 1.54) is 22.3 Å². The molecule has 0 unspecified atom stereocenters. The summed E-state index contributed by atoms with van der Waals surface area (Å²) in [6.07, 6.45) is 1.65. The van der Waals surface area contributed by atoms with Gasteiger partial charge >= 0.3 is 0 Å². The van der Waals surface area contributed by atoms with Crippen LogP contribution in [0, 0.1) is 13.8 Å². The predicted octanol–water partition coefficient (Wildman–Crippen LogP) is 10.8. The molecule has 0 aromatic heterocycles. The van der Waals surface area contributed by atoms with Crippen molar-refractivity contribution >= 4 is 9.84 Å². The molecule has 0 radical (unpaired) electrons. The summed E-state index contributed by atoms with van der Waals surface area (Å²) in [6, 6.07) is 46.9. The molecule has 5 heteroatoms. The van der Waals surface area contributed by atoms with E-state index in [0.717, 1.165) is 47.0 Å². The van der Waals surface area contributed by atoms with Crippen molar-refractivity contribution in [3.63, 3.8) is 0 Å². The van der Waals surface area contributed by atoms with Crippen molar-refractivity contribution in [3.8, 4) is 23.0 Å². The maximum absolute atomic E-state index is 13.0. The molecule has 0 bridgehead atoms. The molecule has 0 aliphatic carbocycles. The molecule has 0 aliphatic rings. The highest BCUT2D eigenvalue weighted by Gasteiger charge is 2.23. The summed E-state index contributed by atoms with van der Waals surface area (Å²) in [5.41, 5.74) is 6.71. The second-order valence-corrected chi connectivity index (χ2v) is 14.7. The van der Waals surface area contributed by atoms with E-state index in [1.54, 1.807) is 24.3 Å². The van der Waals surface area contributed by atoms with Crippen LogP contribution in [0.4, 0.5) is 0 Å². The third-order valence-electron chi connectivity index (χ3n) is 8.84. The Hall–Kier alpha value is -5.13. The topological polar surface area (TPSA) is 52.6 Å². The lowest BCUT2D eigenvalue weighted by Gasteiger charge is -2.26. The highest BCUT2D eigenvalue weighted by atomic mass is 32.2. The summed E-state index contributed by atoms with van der Waals surface area (Å²) in [7, 11) is -3.52. The minimum Gasteiger partial charge on any atom is -0.457 e. The number of hydrogen-bond donors (Lipinski definition) is 0. The molecule has 4 nitrogen and oxygen atoms in total. The zero-order valence-corrected chi connectivity index (χ0v) is 28.6. The van der Waals surface area contributed by atoms with Crippen LogP contribution < -0.4 is 9.47 Å². The molecule has 0 aliphatic heterocycles. The Bertz CT molecular complexity index is 2060. The van der Waals surface area contributed by atoms with Gasteiger partial charge in [0.2, 0.25) is 9.84 Å². The third kappa shape index (κ3) is 7.70. The van der Waals surface area contributed by atoms with Crippen LogP contribution >= 0.6 is 0 Å². The minimum absolute atomic E-state index is 0.196. The number of ether oxygens (including phenoxy) is 2. The van der Waals surface area contributed by atoms with Crippen molar-refractivity contribution in [1.29, 1.82) is 0 Å². The molecular formula is C43H40O4S. The first-order valence-electron chi connectivity index (χ1n) is 16.2. The fraction of sp³-hybridized carbons (Fsp3) is 0.163. The largest absolute Gasteiger partial charge is 0.457 e. The summed E-state index contributed by atoms with van der Waals surface area (Å²) in [5, 5.41) is 0. The summed E-state index contributed by atoms with van der Waals surface area (Å²) >= 11 is 0. The van der Waals surface area contributed by atoms with Gasteiger partial charge in [0.1, 0.15) is 23.0 Å². The van der Waals surface area contributed by atoms with E-state index in [4.69, 9.17) is 9.47 Å². The standard InChI is InChI=1S/C43H40O4S/c1-31-5-19-37(20-6-31)46-39-23-15-35(16-24-39)43(3,4)36-17-25-40(26-18-36)47-38-21-11-33(12-22-38)9-10-34-13-29-42(30-14-34)48(44,45)41-27-7-32(2)8-28-41/h5-8,11-30H,9-10H2,1-4H3.